The van der Waals surface area contributed by atoms with E-state index in [1.54, 1.807) is 26.1 Å². The smallest absolute Gasteiger partial charge is 0.208 e. The molecule has 0 aromatic heterocycles. The van der Waals surface area contributed by atoms with Crippen LogP contribution in [0.1, 0.15) is 17.5 Å². The number of aryl methyl sites for hydroxylation is 1. The molecule has 1 rings (SSSR count). The fraction of sp³-hybridized carbons (Fsp3) is 0.500. The summed E-state index contributed by atoms with van der Waals surface area (Å²) in [7, 11) is -1.49. The highest BCUT2D eigenvalue weighted by Crippen LogP contribution is 2.08. The van der Waals surface area contributed by atoms with Crippen LogP contribution in [0.3, 0.4) is 0 Å². The summed E-state index contributed by atoms with van der Waals surface area (Å²) in [6, 6.07) is 4.95. The van der Waals surface area contributed by atoms with Crippen LogP contribution in [0.25, 0.3) is 0 Å². The van der Waals surface area contributed by atoms with E-state index in [0.29, 0.717) is 37.6 Å². The molecule has 3 N–H and O–H groups in total. The Balaban J connectivity index is 0.00000484. The zero-order chi connectivity index (χ0) is 16.6. The molecule has 0 amide bonds. The molecule has 0 spiro atoms. The fourth-order valence-corrected chi connectivity index (χ4v) is 2.29. The second-order valence-corrected chi connectivity index (χ2v) is 6.79. The van der Waals surface area contributed by atoms with Gasteiger partial charge in [0.1, 0.15) is 5.82 Å². The second-order valence-electron chi connectivity index (χ2n) is 4.96. The number of hydrogen-bond acceptors (Lipinski definition) is 3. The van der Waals surface area contributed by atoms with Gasteiger partial charge in [0.25, 0.3) is 0 Å². The van der Waals surface area contributed by atoms with E-state index < -0.39 is 10.0 Å². The third kappa shape index (κ3) is 9.72. The lowest BCUT2D eigenvalue weighted by Crippen LogP contribution is -2.38. The third-order valence-electron chi connectivity index (χ3n) is 2.92. The van der Waals surface area contributed by atoms with Crippen LogP contribution < -0.4 is 15.4 Å². The van der Waals surface area contributed by atoms with Crippen molar-refractivity contribution in [3.8, 4) is 0 Å². The third-order valence-corrected chi connectivity index (χ3v) is 3.64. The molecule has 1 aromatic rings. The minimum absolute atomic E-state index is 0. The van der Waals surface area contributed by atoms with Crippen molar-refractivity contribution in [3.63, 3.8) is 0 Å². The first-order valence-electron chi connectivity index (χ1n) is 6.96. The lowest BCUT2D eigenvalue weighted by atomic mass is 10.1. The zero-order valence-electron chi connectivity index (χ0n) is 13.5. The van der Waals surface area contributed by atoms with Gasteiger partial charge in [0.2, 0.25) is 10.0 Å². The van der Waals surface area contributed by atoms with Gasteiger partial charge in [0.15, 0.2) is 5.96 Å². The summed E-state index contributed by atoms with van der Waals surface area (Å²) in [4.78, 5) is 4.07. The first-order valence-corrected chi connectivity index (χ1v) is 8.85. The molecule has 0 bridgehead atoms. The number of nitrogens with one attached hydrogen (secondary N) is 3. The van der Waals surface area contributed by atoms with E-state index in [9.17, 15) is 12.8 Å². The van der Waals surface area contributed by atoms with Gasteiger partial charge in [0, 0.05) is 26.7 Å². The molecule has 9 heteroatoms. The highest BCUT2D eigenvalue weighted by Gasteiger charge is 2.02. The summed E-state index contributed by atoms with van der Waals surface area (Å²) in [5.74, 6) is 0.394. The Bertz CT molecular complexity index is 623. The molecular weight excluding hydrogens is 434 g/mol. The average Bonchev–Trinajstić information content (AvgIpc) is 2.44. The number of rotatable bonds is 7. The first-order chi connectivity index (χ1) is 10.3. The molecule has 0 fully saturated rings. The monoisotopic (exact) mass is 458 g/mol. The predicted octanol–water partition coefficient (Wildman–Crippen LogP) is 1.36. The molecule has 0 aliphatic rings. The largest absolute Gasteiger partial charge is 0.356 e. The molecule has 1 aromatic carbocycles. The van der Waals surface area contributed by atoms with E-state index in [1.807, 2.05) is 0 Å². The van der Waals surface area contributed by atoms with Gasteiger partial charge in [-0.15, -0.1) is 24.0 Å². The van der Waals surface area contributed by atoms with E-state index >= 15 is 0 Å². The van der Waals surface area contributed by atoms with Crippen molar-refractivity contribution in [1.82, 2.24) is 15.4 Å². The summed E-state index contributed by atoms with van der Waals surface area (Å²) < 4.78 is 37.4. The Morgan fingerprint density at radius 2 is 1.96 bits per heavy atom. The van der Waals surface area contributed by atoms with Gasteiger partial charge in [-0.2, -0.15) is 0 Å². The molecular formula is C14H24FIN4O2S. The SMILES string of the molecule is CN=C(NCCCNS(C)(=O)=O)NCc1ccc(F)c(C)c1.I. The Labute approximate surface area is 154 Å². The van der Waals surface area contributed by atoms with Gasteiger partial charge in [0.05, 0.1) is 6.26 Å². The topological polar surface area (TPSA) is 82.6 Å². The Kier molecular flexibility index (Phi) is 10.3. The number of aliphatic imine (C=N–C) groups is 1. The van der Waals surface area contributed by atoms with Gasteiger partial charge in [-0.05, 0) is 30.5 Å². The van der Waals surface area contributed by atoms with Crippen molar-refractivity contribution in [3.05, 3.63) is 35.1 Å². The molecule has 0 atom stereocenters. The van der Waals surface area contributed by atoms with E-state index in [-0.39, 0.29) is 29.8 Å². The van der Waals surface area contributed by atoms with Gasteiger partial charge in [-0.25, -0.2) is 17.5 Å². The summed E-state index contributed by atoms with van der Waals surface area (Å²) in [6.45, 7) is 3.22. The Morgan fingerprint density at radius 3 is 2.52 bits per heavy atom. The molecule has 0 saturated carbocycles. The van der Waals surface area contributed by atoms with Crippen molar-refractivity contribution in [2.75, 3.05) is 26.4 Å². The van der Waals surface area contributed by atoms with Crippen molar-refractivity contribution in [2.45, 2.75) is 19.9 Å². The lowest BCUT2D eigenvalue weighted by molar-refractivity contribution is 0.584. The highest BCUT2D eigenvalue weighted by molar-refractivity contribution is 14.0. The molecule has 0 aliphatic heterocycles. The average molecular weight is 458 g/mol. The minimum atomic E-state index is -3.14. The van der Waals surface area contributed by atoms with Crippen LogP contribution in [-0.4, -0.2) is 40.8 Å². The Morgan fingerprint density at radius 1 is 1.26 bits per heavy atom. The molecule has 0 radical (unpaired) electrons. The van der Waals surface area contributed by atoms with Crippen molar-refractivity contribution < 1.29 is 12.8 Å². The normalized spacial score (nSPS) is 11.7. The van der Waals surface area contributed by atoms with Gasteiger partial charge in [-0.1, -0.05) is 12.1 Å². The van der Waals surface area contributed by atoms with Gasteiger partial charge >= 0.3 is 0 Å². The maximum atomic E-state index is 13.2. The number of hydrogen-bond donors (Lipinski definition) is 3. The molecule has 0 saturated heterocycles. The molecule has 0 heterocycles. The number of nitrogens with zero attached hydrogens (tertiary/aromatic N) is 1. The molecule has 0 aliphatic carbocycles. The maximum Gasteiger partial charge on any atom is 0.208 e. The van der Waals surface area contributed by atoms with Crippen LogP contribution in [0.4, 0.5) is 4.39 Å². The number of benzene rings is 1. The van der Waals surface area contributed by atoms with Crippen molar-refractivity contribution in [1.29, 1.82) is 0 Å². The molecule has 0 unspecified atom stereocenters. The number of halogens is 2. The fourth-order valence-electron chi connectivity index (χ4n) is 1.78. The lowest BCUT2D eigenvalue weighted by Gasteiger charge is -2.12. The molecule has 23 heavy (non-hydrogen) atoms. The standard InChI is InChI=1S/C14H23FN4O2S.HI/c1-11-9-12(5-6-13(11)15)10-18-14(16-2)17-7-4-8-19-22(3,20)21;/h5-6,9,19H,4,7-8,10H2,1-3H3,(H2,16,17,18);1H. The van der Waals surface area contributed by atoms with Crippen LogP contribution in [0.15, 0.2) is 23.2 Å². The summed E-state index contributed by atoms with van der Waals surface area (Å²) in [6.07, 6.45) is 1.77. The molecule has 6 nitrogen and oxygen atoms in total. The quantitative estimate of drug-likeness (QED) is 0.250. The predicted molar refractivity (Wildman–Crippen MR) is 102 cm³/mol. The van der Waals surface area contributed by atoms with Crippen LogP contribution in [0.2, 0.25) is 0 Å². The van der Waals surface area contributed by atoms with E-state index in [4.69, 9.17) is 0 Å². The maximum absolute atomic E-state index is 13.2. The van der Waals surface area contributed by atoms with E-state index in [2.05, 4.69) is 20.3 Å². The van der Waals surface area contributed by atoms with Gasteiger partial charge in [-0.3, -0.25) is 4.99 Å². The van der Waals surface area contributed by atoms with Gasteiger partial charge < -0.3 is 10.6 Å². The minimum Gasteiger partial charge on any atom is -0.356 e. The summed E-state index contributed by atoms with van der Waals surface area (Å²) in [5.41, 5.74) is 1.56. The second kappa shape index (κ2) is 10.8. The van der Waals surface area contributed by atoms with Crippen LogP contribution in [-0.2, 0) is 16.6 Å². The first kappa shape index (κ1) is 22.1. The van der Waals surface area contributed by atoms with Crippen molar-refractivity contribution in [2.24, 2.45) is 4.99 Å². The van der Waals surface area contributed by atoms with E-state index in [1.165, 1.54) is 6.07 Å². The molecule has 132 valence electrons. The zero-order valence-corrected chi connectivity index (χ0v) is 16.7. The van der Waals surface area contributed by atoms with Crippen molar-refractivity contribution >= 4 is 40.0 Å². The number of guanidine groups is 1. The van der Waals surface area contributed by atoms with Crippen LogP contribution in [0.5, 0.6) is 0 Å². The summed E-state index contributed by atoms with van der Waals surface area (Å²) >= 11 is 0. The summed E-state index contributed by atoms with van der Waals surface area (Å²) in [5, 5.41) is 6.20. The number of sulfonamides is 1. The van der Waals surface area contributed by atoms with Crippen LogP contribution >= 0.6 is 24.0 Å². The van der Waals surface area contributed by atoms with E-state index in [0.717, 1.165) is 11.8 Å². The highest BCUT2D eigenvalue weighted by atomic mass is 127. The Hall–Kier alpha value is -0.940. The van der Waals surface area contributed by atoms with Crippen LogP contribution in [0, 0.1) is 12.7 Å².